The van der Waals surface area contributed by atoms with Gasteiger partial charge in [0.25, 0.3) is 0 Å². The zero-order valence-electron chi connectivity index (χ0n) is 13.6. The molecule has 3 nitrogen and oxygen atoms in total. The molecule has 118 valence electrons. The standard InChI is InChI=1S/C20H22N2O/c1-3-15(2)19(18-10-5-4-6-11-18)20(23)22-14-17-9-7-8-16(12-17)13-21/h4-12,15,19H,3,14H2,1-2H3,(H,22,23). The summed E-state index contributed by atoms with van der Waals surface area (Å²) in [5.41, 5.74) is 2.59. The summed E-state index contributed by atoms with van der Waals surface area (Å²) in [6.07, 6.45) is 0.941. The van der Waals surface area contributed by atoms with Gasteiger partial charge in [-0.2, -0.15) is 5.26 Å². The Kier molecular flexibility index (Phi) is 5.94. The molecule has 0 aliphatic carbocycles. The van der Waals surface area contributed by atoms with Crippen LogP contribution in [0.3, 0.4) is 0 Å². The first-order valence-corrected chi connectivity index (χ1v) is 7.97. The molecule has 0 radical (unpaired) electrons. The van der Waals surface area contributed by atoms with E-state index in [4.69, 9.17) is 5.26 Å². The molecule has 0 aromatic heterocycles. The molecule has 23 heavy (non-hydrogen) atoms. The summed E-state index contributed by atoms with van der Waals surface area (Å²) in [5.74, 6) is 0.149. The molecule has 2 aromatic carbocycles. The molecule has 0 aliphatic rings. The normalized spacial score (nSPS) is 12.9. The van der Waals surface area contributed by atoms with Gasteiger partial charge in [0.15, 0.2) is 0 Å². The SMILES string of the molecule is CCC(C)C(C(=O)NCc1cccc(C#N)c1)c1ccccc1. The van der Waals surface area contributed by atoms with E-state index >= 15 is 0 Å². The van der Waals surface area contributed by atoms with Crippen molar-refractivity contribution >= 4 is 5.91 Å². The van der Waals surface area contributed by atoms with E-state index in [1.54, 1.807) is 12.1 Å². The summed E-state index contributed by atoms with van der Waals surface area (Å²) in [5, 5.41) is 12.0. The van der Waals surface area contributed by atoms with Crippen LogP contribution in [-0.2, 0) is 11.3 Å². The Morgan fingerprint density at radius 3 is 2.57 bits per heavy atom. The van der Waals surface area contributed by atoms with Crippen molar-refractivity contribution < 1.29 is 4.79 Å². The number of benzene rings is 2. The van der Waals surface area contributed by atoms with E-state index in [0.29, 0.717) is 12.1 Å². The Labute approximate surface area is 138 Å². The molecular formula is C20H22N2O. The Morgan fingerprint density at radius 2 is 1.91 bits per heavy atom. The van der Waals surface area contributed by atoms with Crippen LogP contribution in [-0.4, -0.2) is 5.91 Å². The second-order valence-corrected chi connectivity index (χ2v) is 5.80. The van der Waals surface area contributed by atoms with Crippen molar-refractivity contribution in [2.75, 3.05) is 0 Å². The van der Waals surface area contributed by atoms with Crippen LogP contribution in [0.25, 0.3) is 0 Å². The first kappa shape index (κ1) is 16.8. The second kappa shape index (κ2) is 8.14. The lowest BCUT2D eigenvalue weighted by Gasteiger charge is -2.23. The molecule has 2 atom stereocenters. The molecule has 0 saturated heterocycles. The predicted molar refractivity (Wildman–Crippen MR) is 91.6 cm³/mol. The number of carbonyl (C=O) groups excluding carboxylic acids is 1. The van der Waals surface area contributed by atoms with Crippen LogP contribution in [0.15, 0.2) is 54.6 Å². The molecule has 3 heteroatoms. The van der Waals surface area contributed by atoms with Crippen LogP contribution in [0, 0.1) is 17.2 Å². The van der Waals surface area contributed by atoms with E-state index in [9.17, 15) is 4.79 Å². The van der Waals surface area contributed by atoms with Crippen molar-refractivity contribution in [3.63, 3.8) is 0 Å². The minimum Gasteiger partial charge on any atom is -0.351 e. The molecule has 0 spiro atoms. The van der Waals surface area contributed by atoms with Crippen LogP contribution in [0.5, 0.6) is 0 Å². The third-order valence-corrected chi connectivity index (χ3v) is 4.18. The molecule has 0 saturated carbocycles. The lowest BCUT2D eigenvalue weighted by atomic mass is 9.85. The third kappa shape index (κ3) is 4.43. The number of nitrogens with zero attached hydrogens (tertiary/aromatic N) is 1. The van der Waals surface area contributed by atoms with Gasteiger partial charge in [0.1, 0.15) is 0 Å². The fraction of sp³-hybridized carbons (Fsp3) is 0.300. The lowest BCUT2D eigenvalue weighted by Crippen LogP contribution is -2.32. The predicted octanol–water partition coefficient (Wildman–Crippen LogP) is 4.00. The molecule has 1 amide bonds. The molecular weight excluding hydrogens is 284 g/mol. The molecule has 0 aliphatic heterocycles. The van der Waals surface area contributed by atoms with Crippen molar-refractivity contribution in [2.24, 2.45) is 5.92 Å². The number of hydrogen-bond donors (Lipinski definition) is 1. The average molecular weight is 306 g/mol. The maximum atomic E-state index is 12.7. The minimum atomic E-state index is -0.152. The van der Waals surface area contributed by atoms with E-state index < -0.39 is 0 Å². The Bertz CT molecular complexity index is 688. The van der Waals surface area contributed by atoms with Crippen LogP contribution in [0.1, 0.15) is 42.9 Å². The number of amides is 1. The van der Waals surface area contributed by atoms with Crippen molar-refractivity contribution in [3.05, 3.63) is 71.3 Å². The summed E-state index contributed by atoms with van der Waals surface area (Å²) >= 11 is 0. The molecule has 0 bridgehead atoms. The van der Waals surface area contributed by atoms with Gasteiger partial charge >= 0.3 is 0 Å². The van der Waals surface area contributed by atoms with Crippen LogP contribution < -0.4 is 5.32 Å². The van der Waals surface area contributed by atoms with Gasteiger partial charge < -0.3 is 5.32 Å². The molecule has 2 unspecified atom stereocenters. The van der Waals surface area contributed by atoms with Gasteiger partial charge in [-0.1, -0.05) is 62.7 Å². The Hall–Kier alpha value is -2.60. The van der Waals surface area contributed by atoms with Gasteiger partial charge in [-0.05, 0) is 29.2 Å². The second-order valence-electron chi connectivity index (χ2n) is 5.80. The van der Waals surface area contributed by atoms with E-state index in [-0.39, 0.29) is 17.7 Å². The van der Waals surface area contributed by atoms with Gasteiger partial charge in [-0.15, -0.1) is 0 Å². The van der Waals surface area contributed by atoms with Crippen molar-refractivity contribution in [3.8, 4) is 6.07 Å². The van der Waals surface area contributed by atoms with Crippen molar-refractivity contribution in [1.29, 1.82) is 5.26 Å². The first-order chi connectivity index (χ1) is 11.2. The number of carbonyl (C=O) groups is 1. The van der Waals surface area contributed by atoms with Crippen LogP contribution in [0.4, 0.5) is 0 Å². The van der Waals surface area contributed by atoms with E-state index in [2.05, 4.69) is 25.2 Å². The molecule has 2 rings (SSSR count). The van der Waals surface area contributed by atoms with Crippen LogP contribution in [0.2, 0.25) is 0 Å². The zero-order valence-corrected chi connectivity index (χ0v) is 13.6. The molecule has 0 heterocycles. The van der Waals surface area contributed by atoms with Gasteiger partial charge in [0.05, 0.1) is 17.6 Å². The number of rotatable bonds is 6. The quantitative estimate of drug-likeness (QED) is 0.877. The largest absolute Gasteiger partial charge is 0.351 e. The zero-order chi connectivity index (χ0) is 16.7. The van der Waals surface area contributed by atoms with E-state index in [0.717, 1.165) is 17.5 Å². The first-order valence-electron chi connectivity index (χ1n) is 7.97. The Morgan fingerprint density at radius 1 is 1.17 bits per heavy atom. The highest BCUT2D eigenvalue weighted by atomic mass is 16.1. The molecule has 1 N–H and O–H groups in total. The summed E-state index contributed by atoms with van der Waals surface area (Å²) in [7, 11) is 0. The number of hydrogen-bond acceptors (Lipinski definition) is 2. The summed E-state index contributed by atoms with van der Waals surface area (Å²) in [6.45, 7) is 4.64. The fourth-order valence-corrected chi connectivity index (χ4v) is 2.68. The highest BCUT2D eigenvalue weighted by Gasteiger charge is 2.25. The highest BCUT2D eigenvalue weighted by Crippen LogP contribution is 2.27. The van der Waals surface area contributed by atoms with E-state index in [1.165, 1.54) is 0 Å². The summed E-state index contributed by atoms with van der Waals surface area (Å²) in [4.78, 5) is 12.7. The van der Waals surface area contributed by atoms with Gasteiger partial charge in [0, 0.05) is 6.54 Å². The lowest BCUT2D eigenvalue weighted by molar-refractivity contribution is -0.123. The maximum absolute atomic E-state index is 12.7. The monoisotopic (exact) mass is 306 g/mol. The average Bonchev–Trinajstić information content (AvgIpc) is 2.61. The highest BCUT2D eigenvalue weighted by molar-refractivity contribution is 5.83. The van der Waals surface area contributed by atoms with Crippen molar-refractivity contribution in [1.82, 2.24) is 5.32 Å². The minimum absolute atomic E-state index is 0.0351. The van der Waals surface area contributed by atoms with Gasteiger partial charge in [-0.25, -0.2) is 0 Å². The third-order valence-electron chi connectivity index (χ3n) is 4.18. The molecule has 2 aromatic rings. The number of nitrogens with one attached hydrogen (secondary N) is 1. The smallest absolute Gasteiger partial charge is 0.228 e. The van der Waals surface area contributed by atoms with Crippen LogP contribution >= 0.6 is 0 Å². The van der Waals surface area contributed by atoms with Gasteiger partial charge in [0.2, 0.25) is 5.91 Å². The maximum Gasteiger partial charge on any atom is 0.228 e. The molecule has 0 fully saturated rings. The fourth-order valence-electron chi connectivity index (χ4n) is 2.68. The number of nitriles is 1. The van der Waals surface area contributed by atoms with Crippen molar-refractivity contribution in [2.45, 2.75) is 32.7 Å². The summed E-state index contributed by atoms with van der Waals surface area (Å²) < 4.78 is 0. The Balaban J connectivity index is 2.11. The topological polar surface area (TPSA) is 52.9 Å². The van der Waals surface area contributed by atoms with E-state index in [1.807, 2.05) is 42.5 Å². The summed E-state index contributed by atoms with van der Waals surface area (Å²) in [6, 6.07) is 19.3. The van der Waals surface area contributed by atoms with Gasteiger partial charge in [-0.3, -0.25) is 4.79 Å².